The van der Waals surface area contributed by atoms with Gasteiger partial charge >= 0.3 is 5.69 Å². The highest BCUT2D eigenvalue weighted by molar-refractivity contribution is 5.70. The van der Waals surface area contributed by atoms with E-state index in [0.29, 0.717) is 29.2 Å². The predicted molar refractivity (Wildman–Crippen MR) is 114 cm³/mol. The van der Waals surface area contributed by atoms with Crippen molar-refractivity contribution in [1.82, 2.24) is 18.7 Å². The molecule has 0 amide bonds. The van der Waals surface area contributed by atoms with Gasteiger partial charge in [0.1, 0.15) is 5.82 Å². The van der Waals surface area contributed by atoms with Crippen molar-refractivity contribution in [1.29, 1.82) is 0 Å². The van der Waals surface area contributed by atoms with E-state index in [-0.39, 0.29) is 13.1 Å². The minimum atomic E-state index is -0.463. The lowest BCUT2D eigenvalue weighted by atomic mass is 10.2. The zero-order valence-electron chi connectivity index (χ0n) is 17.0. The van der Waals surface area contributed by atoms with E-state index in [1.165, 1.54) is 21.3 Å². The number of benzene rings is 2. The average molecular weight is 406 g/mol. The molecular formula is C23H23FN4O2. The zero-order chi connectivity index (χ0) is 21.3. The van der Waals surface area contributed by atoms with E-state index in [1.54, 1.807) is 23.0 Å². The molecule has 0 spiro atoms. The Bertz CT molecular complexity index is 1300. The Balaban J connectivity index is 1.93. The number of hydrogen-bond acceptors (Lipinski definition) is 3. The number of imidazole rings is 1. The molecule has 2 aromatic heterocycles. The number of hydrogen-bond donors (Lipinski definition) is 0. The molecule has 4 aromatic rings. The largest absolute Gasteiger partial charge is 0.333 e. The maximum absolute atomic E-state index is 13.7. The van der Waals surface area contributed by atoms with Crippen LogP contribution in [-0.2, 0) is 19.6 Å². The molecule has 0 aliphatic heterocycles. The van der Waals surface area contributed by atoms with Gasteiger partial charge in [0.15, 0.2) is 11.2 Å². The summed E-state index contributed by atoms with van der Waals surface area (Å²) in [6.45, 7) is 4.99. The Morgan fingerprint density at radius 3 is 2.33 bits per heavy atom. The number of aromatic nitrogens is 4. The number of halogens is 1. The van der Waals surface area contributed by atoms with E-state index in [4.69, 9.17) is 0 Å². The second-order valence-electron chi connectivity index (χ2n) is 7.84. The predicted octanol–water partition coefficient (Wildman–Crippen LogP) is 3.25. The van der Waals surface area contributed by atoms with Gasteiger partial charge in [-0.1, -0.05) is 56.3 Å². The Hall–Kier alpha value is -3.48. The highest BCUT2D eigenvalue weighted by Gasteiger charge is 2.19. The summed E-state index contributed by atoms with van der Waals surface area (Å²) in [5, 5.41) is 0. The standard InChI is InChI=1S/C23H23FN4O2/c1-16(2)12-26-15-25-21-20(26)22(29)28(14-18-9-6-10-19(24)11-18)23(30)27(21)13-17-7-4-3-5-8-17/h3-11,15-16H,12-14H2,1-2H3. The van der Waals surface area contributed by atoms with Crippen LogP contribution < -0.4 is 11.2 Å². The molecule has 6 nitrogen and oxygen atoms in total. The Morgan fingerprint density at radius 2 is 1.63 bits per heavy atom. The quantitative estimate of drug-likeness (QED) is 0.494. The smallest absolute Gasteiger partial charge is 0.324 e. The molecule has 0 saturated carbocycles. The molecule has 0 radical (unpaired) electrons. The van der Waals surface area contributed by atoms with E-state index in [0.717, 1.165) is 5.56 Å². The maximum atomic E-state index is 13.7. The summed E-state index contributed by atoms with van der Waals surface area (Å²) in [6.07, 6.45) is 1.61. The van der Waals surface area contributed by atoms with Crippen molar-refractivity contribution in [3.8, 4) is 0 Å². The van der Waals surface area contributed by atoms with Crippen molar-refractivity contribution in [3.05, 3.63) is 98.7 Å². The fourth-order valence-corrected chi connectivity index (χ4v) is 3.64. The zero-order valence-corrected chi connectivity index (χ0v) is 17.0. The minimum Gasteiger partial charge on any atom is -0.324 e. The van der Waals surface area contributed by atoms with Crippen LogP contribution >= 0.6 is 0 Å². The first-order chi connectivity index (χ1) is 14.4. The van der Waals surface area contributed by atoms with Crippen molar-refractivity contribution in [2.24, 2.45) is 5.92 Å². The number of nitrogens with zero attached hydrogens (tertiary/aromatic N) is 4. The van der Waals surface area contributed by atoms with E-state index in [9.17, 15) is 14.0 Å². The highest BCUT2D eigenvalue weighted by Crippen LogP contribution is 2.12. The fourth-order valence-electron chi connectivity index (χ4n) is 3.64. The molecule has 0 aliphatic rings. The summed E-state index contributed by atoms with van der Waals surface area (Å²) in [7, 11) is 0. The van der Waals surface area contributed by atoms with E-state index < -0.39 is 17.1 Å². The first-order valence-electron chi connectivity index (χ1n) is 9.91. The van der Waals surface area contributed by atoms with Gasteiger partial charge in [-0.05, 0) is 29.2 Å². The SMILES string of the molecule is CC(C)Cn1cnc2c1c(=O)n(Cc1cccc(F)c1)c(=O)n2Cc1ccccc1. The molecule has 4 rings (SSSR count). The van der Waals surface area contributed by atoms with Crippen molar-refractivity contribution >= 4 is 11.2 Å². The van der Waals surface area contributed by atoms with E-state index in [1.807, 2.05) is 30.3 Å². The highest BCUT2D eigenvalue weighted by atomic mass is 19.1. The van der Waals surface area contributed by atoms with Gasteiger partial charge in [0.2, 0.25) is 0 Å². The minimum absolute atomic E-state index is 0.00693. The lowest BCUT2D eigenvalue weighted by Gasteiger charge is -2.13. The third-order valence-corrected chi connectivity index (χ3v) is 4.96. The molecule has 0 fully saturated rings. The summed E-state index contributed by atoms with van der Waals surface area (Å²) in [6, 6.07) is 15.5. The van der Waals surface area contributed by atoms with Crippen LogP contribution in [0.4, 0.5) is 4.39 Å². The van der Waals surface area contributed by atoms with Crippen LogP contribution in [0.5, 0.6) is 0 Å². The Kier molecular flexibility index (Phi) is 5.35. The van der Waals surface area contributed by atoms with Crippen LogP contribution in [0, 0.1) is 11.7 Å². The molecule has 30 heavy (non-hydrogen) atoms. The van der Waals surface area contributed by atoms with Crippen molar-refractivity contribution in [2.75, 3.05) is 0 Å². The van der Waals surface area contributed by atoms with Gasteiger partial charge in [0.05, 0.1) is 19.4 Å². The normalized spacial score (nSPS) is 11.5. The molecule has 0 bridgehead atoms. The molecule has 0 aliphatic carbocycles. The Morgan fingerprint density at radius 1 is 0.933 bits per heavy atom. The molecule has 0 saturated heterocycles. The van der Waals surface area contributed by atoms with E-state index in [2.05, 4.69) is 18.8 Å². The topological polar surface area (TPSA) is 61.8 Å². The third-order valence-electron chi connectivity index (χ3n) is 4.96. The monoisotopic (exact) mass is 406 g/mol. The van der Waals surface area contributed by atoms with Gasteiger partial charge in [-0.25, -0.2) is 14.2 Å². The summed E-state index contributed by atoms with van der Waals surface area (Å²) in [4.78, 5) is 31.0. The molecule has 154 valence electrons. The van der Waals surface area contributed by atoms with Gasteiger partial charge in [-0.15, -0.1) is 0 Å². The van der Waals surface area contributed by atoms with Crippen LogP contribution in [0.2, 0.25) is 0 Å². The lowest BCUT2D eigenvalue weighted by Crippen LogP contribution is -2.41. The van der Waals surface area contributed by atoms with Crippen molar-refractivity contribution < 1.29 is 4.39 Å². The average Bonchev–Trinajstić information content (AvgIpc) is 3.12. The fraction of sp³-hybridized carbons (Fsp3) is 0.261. The first-order valence-corrected chi connectivity index (χ1v) is 9.91. The van der Waals surface area contributed by atoms with Crippen LogP contribution in [0.15, 0.2) is 70.5 Å². The van der Waals surface area contributed by atoms with Crippen molar-refractivity contribution in [3.63, 3.8) is 0 Å². The third kappa shape index (κ3) is 3.83. The van der Waals surface area contributed by atoms with Gasteiger partial charge in [0, 0.05) is 6.54 Å². The lowest BCUT2D eigenvalue weighted by molar-refractivity contribution is 0.529. The second-order valence-corrected chi connectivity index (χ2v) is 7.84. The van der Waals surface area contributed by atoms with Crippen molar-refractivity contribution in [2.45, 2.75) is 33.5 Å². The first kappa shape index (κ1) is 19.8. The summed E-state index contributed by atoms with van der Waals surface area (Å²) < 4.78 is 18.1. The number of fused-ring (bicyclic) bond motifs is 1. The van der Waals surface area contributed by atoms with Crippen LogP contribution in [-0.4, -0.2) is 18.7 Å². The van der Waals surface area contributed by atoms with E-state index >= 15 is 0 Å². The van der Waals surface area contributed by atoms with Gasteiger partial charge < -0.3 is 4.57 Å². The van der Waals surface area contributed by atoms with Gasteiger partial charge in [-0.2, -0.15) is 0 Å². The van der Waals surface area contributed by atoms with Crippen LogP contribution in [0.25, 0.3) is 11.2 Å². The summed E-state index contributed by atoms with van der Waals surface area (Å²) in [5.41, 5.74) is 1.35. The molecule has 0 N–H and O–H groups in total. The van der Waals surface area contributed by atoms with Gasteiger partial charge in [0.25, 0.3) is 5.56 Å². The maximum Gasteiger partial charge on any atom is 0.333 e. The molecule has 7 heteroatoms. The van der Waals surface area contributed by atoms with Crippen LogP contribution in [0.1, 0.15) is 25.0 Å². The van der Waals surface area contributed by atoms with Crippen LogP contribution in [0.3, 0.4) is 0 Å². The molecule has 0 unspecified atom stereocenters. The summed E-state index contributed by atoms with van der Waals surface area (Å²) in [5.74, 6) is -0.107. The number of rotatable bonds is 6. The molecule has 2 aromatic carbocycles. The second kappa shape index (κ2) is 8.10. The molecule has 0 atom stereocenters. The summed E-state index contributed by atoms with van der Waals surface area (Å²) >= 11 is 0. The van der Waals surface area contributed by atoms with Gasteiger partial charge in [-0.3, -0.25) is 13.9 Å². The molecular weight excluding hydrogens is 383 g/mol. The molecule has 2 heterocycles. The Labute approximate surface area is 172 Å².